The molecule has 0 radical (unpaired) electrons. The van der Waals surface area contributed by atoms with Gasteiger partial charge in [-0.05, 0) is 76.3 Å². The molecule has 11 heteroatoms. The fraction of sp³-hybridized carbons (Fsp3) is 0.720. The van der Waals surface area contributed by atoms with Crippen LogP contribution in [0.2, 0.25) is 0 Å². The zero-order valence-corrected chi connectivity index (χ0v) is 20.9. The molecule has 0 spiro atoms. The van der Waals surface area contributed by atoms with Crippen molar-refractivity contribution in [3.8, 4) is 0 Å². The van der Waals surface area contributed by atoms with Gasteiger partial charge in [-0.2, -0.15) is 26.3 Å². The molecule has 36 heavy (non-hydrogen) atoms. The Morgan fingerprint density at radius 2 is 1.69 bits per heavy atom. The van der Waals surface area contributed by atoms with Gasteiger partial charge in [0, 0.05) is 25.2 Å². The van der Waals surface area contributed by atoms with Gasteiger partial charge in [-0.3, -0.25) is 9.69 Å². The van der Waals surface area contributed by atoms with E-state index >= 15 is 0 Å². The number of benzene rings is 1. The zero-order chi connectivity index (χ0) is 27.1. The van der Waals surface area contributed by atoms with Gasteiger partial charge < -0.3 is 15.2 Å². The maximum atomic E-state index is 13.4. The summed E-state index contributed by atoms with van der Waals surface area (Å²) in [6, 6.07) is 1.49. The van der Waals surface area contributed by atoms with Crippen molar-refractivity contribution in [3.63, 3.8) is 0 Å². The number of nitrogens with one attached hydrogen (secondary N) is 1. The molecule has 2 fully saturated rings. The molecule has 4 atom stereocenters. The Morgan fingerprint density at radius 3 is 2.19 bits per heavy atom. The monoisotopic (exact) mass is 524 g/mol. The minimum absolute atomic E-state index is 0.0156. The highest BCUT2D eigenvalue weighted by Gasteiger charge is 2.55. The van der Waals surface area contributed by atoms with E-state index in [0.717, 1.165) is 6.42 Å². The summed E-state index contributed by atoms with van der Waals surface area (Å²) in [5, 5.41) is 13.5. The van der Waals surface area contributed by atoms with Gasteiger partial charge in [0.25, 0.3) is 0 Å². The van der Waals surface area contributed by atoms with Gasteiger partial charge in [-0.1, -0.05) is 6.92 Å². The standard InChI is InChI=1S/C25H34F6N2O3/c1-15-14-36-8-6-20(15)33(4)19-5-7-23(12-19,22(2,3)35)21(34)32-13-16-9-17(24(26,27)28)11-18(10-16)25(29,30)31/h9-11,15,19-20,35H,5-8,12-14H2,1-4H3,(H,32,34)/t15-,19-,20+,23-/m1/s1. The van der Waals surface area contributed by atoms with Crippen LogP contribution < -0.4 is 5.32 Å². The summed E-state index contributed by atoms with van der Waals surface area (Å²) in [6.07, 6.45) is -7.82. The number of hydrogen-bond donors (Lipinski definition) is 2. The van der Waals surface area contributed by atoms with Gasteiger partial charge in [-0.15, -0.1) is 0 Å². The first-order valence-electron chi connectivity index (χ1n) is 12.0. The van der Waals surface area contributed by atoms with Crippen LogP contribution in [0.4, 0.5) is 26.3 Å². The molecule has 1 amide bonds. The maximum Gasteiger partial charge on any atom is 0.416 e. The van der Waals surface area contributed by atoms with Crippen LogP contribution in [0.5, 0.6) is 0 Å². The average molecular weight is 525 g/mol. The third-order valence-electron chi connectivity index (χ3n) is 7.89. The van der Waals surface area contributed by atoms with E-state index in [1.54, 1.807) is 0 Å². The van der Waals surface area contributed by atoms with E-state index in [1.165, 1.54) is 13.8 Å². The highest BCUT2D eigenvalue weighted by atomic mass is 19.4. The first-order valence-corrected chi connectivity index (χ1v) is 12.0. The van der Waals surface area contributed by atoms with E-state index in [2.05, 4.69) is 17.1 Å². The van der Waals surface area contributed by atoms with E-state index in [4.69, 9.17) is 4.74 Å². The molecule has 1 aromatic rings. The number of nitrogens with zero attached hydrogens (tertiary/aromatic N) is 1. The normalized spacial score (nSPS) is 27.9. The molecule has 1 aromatic carbocycles. The smallest absolute Gasteiger partial charge is 0.389 e. The van der Waals surface area contributed by atoms with E-state index in [9.17, 15) is 36.2 Å². The Bertz CT molecular complexity index is 911. The summed E-state index contributed by atoms with van der Waals surface area (Å²) >= 11 is 0. The maximum absolute atomic E-state index is 13.4. The van der Waals surface area contributed by atoms with Gasteiger partial charge in [0.1, 0.15) is 0 Å². The number of carbonyl (C=O) groups excluding carboxylic acids is 1. The van der Waals surface area contributed by atoms with Crippen molar-refractivity contribution in [2.75, 3.05) is 20.3 Å². The van der Waals surface area contributed by atoms with Gasteiger partial charge in [0.05, 0.1) is 28.7 Å². The van der Waals surface area contributed by atoms with Gasteiger partial charge in [0.15, 0.2) is 0 Å². The van der Waals surface area contributed by atoms with Gasteiger partial charge in [-0.25, -0.2) is 0 Å². The first-order chi connectivity index (χ1) is 16.5. The first kappa shape index (κ1) is 28.7. The second kappa shape index (κ2) is 10.1. The highest BCUT2D eigenvalue weighted by Crippen LogP contribution is 2.49. The summed E-state index contributed by atoms with van der Waals surface area (Å²) in [5.41, 5.74) is -5.90. The van der Waals surface area contributed by atoms with Crippen molar-refractivity contribution >= 4 is 5.91 Å². The number of ether oxygens (including phenoxy) is 1. The number of carbonyl (C=O) groups is 1. The second-order valence-corrected chi connectivity index (χ2v) is 10.7. The van der Waals surface area contributed by atoms with Crippen molar-refractivity contribution in [2.45, 2.75) is 83.0 Å². The van der Waals surface area contributed by atoms with Crippen LogP contribution in [0.3, 0.4) is 0 Å². The van der Waals surface area contributed by atoms with Crippen LogP contribution in [0.1, 0.15) is 63.1 Å². The van der Waals surface area contributed by atoms with Crippen molar-refractivity contribution in [2.24, 2.45) is 11.3 Å². The van der Waals surface area contributed by atoms with Crippen LogP contribution in [0.15, 0.2) is 18.2 Å². The molecule has 204 valence electrons. The lowest BCUT2D eigenvalue weighted by atomic mass is 9.71. The summed E-state index contributed by atoms with van der Waals surface area (Å²) < 4.78 is 84.7. The number of hydrogen-bond acceptors (Lipinski definition) is 4. The molecule has 5 nitrogen and oxygen atoms in total. The minimum Gasteiger partial charge on any atom is -0.389 e. The van der Waals surface area contributed by atoms with Gasteiger partial charge >= 0.3 is 12.4 Å². The molecule has 0 bridgehead atoms. The molecule has 0 aromatic heterocycles. The molecule has 1 saturated heterocycles. The Kier molecular flexibility index (Phi) is 8.08. The number of alkyl halides is 6. The minimum atomic E-state index is -4.97. The quantitative estimate of drug-likeness (QED) is 0.514. The van der Waals surface area contributed by atoms with Crippen LogP contribution in [0.25, 0.3) is 0 Å². The van der Waals surface area contributed by atoms with Crippen molar-refractivity contribution < 1.29 is 41.0 Å². The Morgan fingerprint density at radius 1 is 1.11 bits per heavy atom. The molecule has 1 aliphatic heterocycles. The lowest BCUT2D eigenvalue weighted by Crippen LogP contribution is -2.54. The fourth-order valence-corrected chi connectivity index (χ4v) is 5.62. The van der Waals surface area contributed by atoms with Crippen molar-refractivity contribution in [1.29, 1.82) is 0 Å². The molecule has 3 rings (SSSR count). The van der Waals surface area contributed by atoms with Crippen LogP contribution in [0, 0.1) is 11.3 Å². The fourth-order valence-electron chi connectivity index (χ4n) is 5.62. The van der Waals surface area contributed by atoms with E-state index in [1.807, 2.05) is 7.05 Å². The molecule has 2 N–H and O–H groups in total. The SMILES string of the molecule is C[C@@H]1COCC[C@@H]1N(C)[C@@H]1CC[C@@](C(=O)NCc2cc(C(F)(F)F)cc(C(F)(F)F)c2)(C(C)(C)O)C1. The van der Waals surface area contributed by atoms with Gasteiger partial charge in [0.2, 0.25) is 5.91 Å². The molecule has 1 saturated carbocycles. The van der Waals surface area contributed by atoms with Crippen molar-refractivity contribution in [3.05, 3.63) is 34.9 Å². The topological polar surface area (TPSA) is 61.8 Å². The summed E-state index contributed by atoms with van der Waals surface area (Å²) in [5.74, 6) is -0.296. The summed E-state index contributed by atoms with van der Waals surface area (Å²) in [4.78, 5) is 15.6. The van der Waals surface area contributed by atoms with Crippen LogP contribution >= 0.6 is 0 Å². The lowest BCUT2D eigenvalue weighted by Gasteiger charge is -2.42. The second-order valence-electron chi connectivity index (χ2n) is 10.7. The van der Waals surface area contributed by atoms with Crippen molar-refractivity contribution in [1.82, 2.24) is 10.2 Å². The van der Waals surface area contributed by atoms with Crippen LogP contribution in [-0.4, -0.2) is 53.9 Å². The average Bonchev–Trinajstić information content (AvgIpc) is 3.23. The number of aliphatic hydroxyl groups is 1. The third-order valence-corrected chi connectivity index (χ3v) is 7.89. The highest BCUT2D eigenvalue weighted by molar-refractivity contribution is 5.84. The number of rotatable bonds is 6. The summed E-state index contributed by atoms with van der Waals surface area (Å²) in [7, 11) is 1.98. The Hall–Kier alpha value is -1.85. The molecule has 2 aliphatic rings. The zero-order valence-electron chi connectivity index (χ0n) is 20.9. The third kappa shape index (κ3) is 5.99. The predicted molar refractivity (Wildman–Crippen MR) is 121 cm³/mol. The van der Waals surface area contributed by atoms with Crippen LogP contribution in [-0.2, 0) is 28.4 Å². The van der Waals surface area contributed by atoms with E-state index in [0.29, 0.717) is 50.5 Å². The molecule has 1 aliphatic carbocycles. The molecular formula is C25H34F6N2O3. The Balaban J connectivity index is 1.80. The van der Waals surface area contributed by atoms with E-state index < -0.39 is 46.9 Å². The Labute approximate surface area is 207 Å². The predicted octanol–water partition coefficient (Wildman–Crippen LogP) is 5.01. The number of halogens is 6. The summed E-state index contributed by atoms with van der Waals surface area (Å²) in [6.45, 7) is 5.86. The molecule has 1 heterocycles. The largest absolute Gasteiger partial charge is 0.416 e. The van der Waals surface area contributed by atoms with E-state index in [-0.39, 0.29) is 23.7 Å². The lowest BCUT2D eigenvalue weighted by molar-refractivity contribution is -0.147. The molecule has 0 unspecified atom stereocenters. The number of amides is 1. The molecular weight excluding hydrogens is 490 g/mol.